The summed E-state index contributed by atoms with van der Waals surface area (Å²) in [5.41, 5.74) is 7.60. The van der Waals surface area contributed by atoms with Crippen molar-refractivity contribution in [2.24, 2.45) is 0 Å². The zero-order valence-electron chi connectivity index (χ0n) is 11.0. The SMILES string of the molecule is COc1ccc(Cl)c(-c2cc(O)c3nc(N)nnc3c2)c1. The third-order valence-electron chi connectivity index (χ3n) is 3.04. The van der Waals surface area contributed by atoms with Crippen molar-refractivity contribution in [3.63, 3.8) is 0 Å². The molecular weight excluding hydrogens is 292 g/mol. The van der Waals surface area contributed by atoms with E-state index in [2.05, 4.69) is 15.2 Å². The number of ether oxygens (including phenoxy) is 1. The van der Waals surface area contributed by atoms with Crippen molar-refractivity contribution >= 4 is 28.6 Å². The first-order valence-electron chi connectivity index (χ1n) is 6.05. The summed E-state index contributed by atoms with van der Waals surface area (Å²) in [6, 6.07) is 8.55. The molecule has 21 heavy (non-hydrogen) atoms. The minimum absolute atomic E-state index is 0.00460. The molecule has 3 N–H and O–H groups in total. The Morgan fingerprint density at radius 3 is 2.76 bits per heavy atom. The molecule has 0 amide bonds. The van der Waals surface area contributed by atoms with E-state index in [1.807, 2.05) is 0 Å². The quantitative estimate of drug-likeness (QED) is 0.755. The molecule has 0 aliphatic carbocycles. The zero-order chi connectivity index (χ0) is 15.0. The summed E-state index contributed by atoms with van der Waals surface area (Å²) in [4.78, 5) is 3.96. The van der Waals surface area contributed by atoms with Crippen molar-refractivity contribution in [2.45, 2.75) is 0 Å². The molecule has 7 heteroatoms. The number of nitrogens with zero attached hydrogens (tertiary/aromatic N) is 3. The summed E-state index contributed by atoms with van der Waals surface area (Å²) in [6.45, 7) is 0. The van der Waals surface area contributed by atoms with Gasteiger partial charge in [-0.15, -0.1) is 10.2 Å². The predicted octanol–water partition coefficient (Wildman–Crippen LogP) is 2.64. The average Bonchev–Trinajstić information content (AvgIpc) is 2.48. The van der Waals surface area contributed by atoms with Gasteiger partial charge in [0, 0.05) is 10.6 Å². The zero-order valence-corrected chi connectivity index (χ0v) is 11.8. The summed E-state index contributed by atoms with van der Waals surface area (Å²) in [7, 11) is 1.57. The fraction of sp³-hybridized carbons (Fsp3) is 0.0714. The van der Waals surface area contributed by atoms with Crippen LogP contribution in [0, 0.1) is 0 Å². The van der Waals surface area contributed by atoms with Crippen LogP contribution in [0.4, 0.5) is 5.95 Å². The molecule has 0 radical (unpaired) electrons. The molecule has 0 saturated carbocycles. The van der Waals surface area contributed by atoms with Crippen molar-refractivity contribution in [1.29, 1.82) is 0 Å². The molecule has 0 saturated heterocycles. The van der Waals surface area contributed by atoms with Crippen LogP contribution >= 0.6 is 11.6 Å². The van der Waals surface area contributed by atoms with Gasteiger partial charge in [-0.25, -0.2) is 4.98 Å². The number of nitrogens with two attached hydrogens (primary N) is 1. The van der Waals surface area contributed by atoms with Gasteiger partial charge in [0.2, 0.25) is 5.95 Å². The van der Waals surface area contributed by atoms with E-state index in [-0.39, 0.29) is 11.7 Å². The minimum atomic E-state index is -0.0389. The molecule has 3 rings (SSSR count). The van der Waals surface area contributed by atoms with Gasteiger partial charge in [-0.3, -0.25) is 0 Å². The first kappa shape index (κ1) is 13.4. The lowest BCUT2D eigenvalue weighted by molar-refractivity contribution is 0.415. The first-order chi connectivity index (χ1) is 10.1. The molecule has 0 unspecified atom stereocenters. The van der Waals surface area contributed by atoms with Gasteiger partial charge in [0.25, 0.3) is 0 Å². The smallest absolute Gasteiger partial charge is 0.240 e. The third-order valence-corrected chi connectivity index (χ3v) is 3.37. The Morgan fingerprint density at radius 1 is 1.19 bits per heavy atom. The van der Waals surface area contributed by atoms with E-state index in [4.69, 9.17) is 22.1 Å². The maximum atomic E-state index is 10.1. The predicted molar refractivity (Wildman–Crippen MR) is 80.4 cm³/mol. The first-order valence-corrected chi connectivity index (χ1v) is 6.43. The number of aromatic hydroxyl groups is 1. The molecule has 0 spiro atoms. The molecule has 0 atom stereocenters. The standard InChI is InChI=1S/C14H11ClN4O2/c1-21-8-2-3-10(15)9(6-8)7-4-11-13(12(20)5-7)17-14(16)19-18-11/h2-6,20H,1H3,(H2,16,17,19). The topological polar surface area (TPSA) is 94.2 Å². The van der Waals surface area contributed by atoms with Crippen LogP contribution in [0.25, 0.3) is 22.2 Å². The van der Waals surface area contributed by atoms with Crippen molar-refractivity contribution in [3.05, 3.63) is 35.4 Å². The third kappa shape index (κ3) is 2.41. The number of phenolic OH excluding ortho intramolecular Hbond substituents is 1. The lowest BCUT2D eigenvalue weighted by Gasteiger charge is -2.09. The van der Waals surface area contributed by atoms with Crippen molar-refractivity contribution < 1.29 is 9.84 Å². The van der Waals surface area contributed by atoms with Crippen LogP contribution in [0.3, 0.4) is 0 Å². The maximum Gasteiger partial charge on any atom is 0.240 e. The fourth-order valence-electron chi connectivity index (χ4n) is 2.05. The summed E-state index contributed by atoms with van der Waals surface area (Å²) < 4.78 is 5.19. The highest BCUT2D eigenvalue weighted by atomic mass is 35.5. The van der Waals surface area contributed by atoms with Gasteiger partial charge in [-0.05, 0) is 35.9 Å². The summed E-state index contributed by atoms with van der Waals surface area (Å²) in [5.74, 6) is 0.628. The van der Waals surface area contributed by atoms with Crippen molar-refractivity contribution in [3.8, 4) is 22.6 Å². The summed E-state index contributed by atoms with van der Waals surface area (Å²) in [5, 5.41) is 18.2. The second-order valence-electron chi connectivity index (χ2n) is 4.38. The second kappa shape index (κ2) is 5.06. The molecule has 3 aromatic rings. The van der Waals surface area contributed by atoms with Gasteiger partial charge in [0.15, 0.2) is 0 Å². The van der Waals surface area contributed by atoms with Crippen LogP contribution in [0.15, 0.2) is 30.3 Å². The van der Waals surface area contributed by atoms with E-state index < -0.39 is 0 Å². The largest absolute Gasteiger partial charge is 0.506 e. The molecule has 0 bridgehead atoms. The molecule has 106 valence electrons. The Labute approximate surface area is 125 Å². The lowest BCUT2D eigenvalue weighted by Crippen LogP contribution is -1.98. The number of methoxy groups -OCH3 is 1. The number of aromatic nitrogens is 3. The van der Waals surface area contributed by atoms with Crippen LogP contribution < -0.4 is 10.5 Å². The van der Waals surface area contributed by atoms with E-state index in [0.29, 0.717) is 32.9 Å². The van der Waals surface area contributed by atoms with Crippen LogP contribution in [0.5, 0.6) is 11.5 Å². The molecule has 6 nitrogen and oxygen atoms in total. The Bertz CT molecular complexity index is 839. The molecule has 2 aromatic carbocycles. The number of anilines is 1. The van der Waals surface area contributed by atoms with Crippen molar-refractivity contribution in [1.82, 2.24) is 15.2 Å². The Morgan fingerprint density at radius 2 is 2.00 bits per heavy atom. The fourth-order valence-corrected chi connectivity index (χ4v) is 2.27. The normalized spacial score (nSPS) is 10.8. The van der Waals surface area contributed by atoms with E-state index in [9.17, 15) is 5.11 Å². The van der Waals surface area contributed by atoms with E-state index >= 15 is 0 Å². The number of fused-ring (bicyclic) bond motifs is 1. The maximum absolute atomic E-state index is 10.1. The number of nitrogen functional groups attached to an aromatic ring is 1. The second-order valence-corrected chi connectivity index (χ2v) is 4.79. The summed E-state index contributed by atoms with van der Waals surface area (Å²) in [6.07, 6.45) is 0. The van der Waals surface area contributed by atoms with Crippen LogP contribution in [-0.2, 0) is 0 Å². The Balaban J connectivity index is 2.24. The van der Waals surface area contributed by atoms with Gasteiger partial charge in [-0.2, -0.15) is 0 Å². The average molecular weight is 303 g/mol. The molecular formula is C14H11ClN4O2. The van der Waals surface area contributed by atoms with Gasteiger partial charge < -0.3 is 15.6 Å². The Kier molecular flexibility index (Phi) is 3.23. The summed E-state index contributed by atoms with van der Waals surface area (Å²) >= 11 is 6.21. The van der Waals surface area contributed by atoms with Crippen LogP contribution in [-0.4, -0.2) is 27.4 Å². The lowest BCUT2D eigenvalue weighted by atomic mass is 10.0. The number of phenols is 1. The van der Waals surface area contributed by atoms with Crippen LogP contribution in [0.1, 0.15) is 0 Å². The minimum Gasteiger partial charge on any atom is -0.506 e. The van der Waals surface area contributed by atoms with E-state index in [1.165, 1.54) is 0 Å². The highest BCUT2D eigenvalue weighted by molar-refractivity contribution is 6.33. The highest BCUT2D eigenvalue weighted by Gasteiger charge is 2.11. The molecule has 1 heterocycles. The van der Waals surface area contributed by atoms with Crippen LogP contribution in [0.2, 0.25) is 5.02 Å². The number of rotatable bonds is 2. The number of benzene rings is 2. The molecule has 0 fully saturated rings. The van der Waals surface area contributed by atoms with Gasteiger partial charge in [0.05, 0.1) is 7.11 Å². The Hall–Kier alpha value is -2.60. The van der Waals surface area contributed by atoms with E-state index in [1.54, 1.807) is 37.4 Å². The van der Waals surface area contributed by atoms with Gasteiger partial charge in [0.1, 0.15) is 22.5 Å². The van der Waals surface area contributed by atoms with Gasteiger partial charge in [-0.1, -0.05) is 11.6 Å². The molecule has 0 aliphatic heterocycles. The van der Waals surface area contributed by atoms with E-state index in [0.717, 1.165) is 0 Å². The molecule has 0 aliphatic rings. The monoisotopic (exact) mass is 302 g/mol. The number of hydrogen-bond donors (Lipinski definition) is 2. The number of halogens is 1. The number of hydrogen-bond acceptors (Lipinski definition) is 6. The molecule has 1 aromatic heterocycles. The van der Waals surface area contributed by atoms with Crippen molar-refractivity contribution in [2.75, 3.05) is 12.8 Å². The van der Waals surface area contributed by atoms with Gasteiger partial charge >= 0.3 is 0 Å². The highest BCUT2D eigenvalue weighted by Crippen LogP contribution is 2.35.